The average Bonchev–Trinajstić information content (AvgIpc) is 2.71. The first-order chi connectivity index (χ1) is 10.8. The minimum absolute atomic E-state index is 0.0118. The van der Waals surface area contributed by atoms with Crippen molar-refractivity contribution in [3.63, 3.8) is 0 Å². The third-order valence-corrected chi connectivity index (χ3v) is 3.75. The Hall–Kier alpha value is -2.04. The number of amides is 2. The summed E-state index contributed by atoms with van der Waals surface area (Å²) >= 11 is 0. The molecule has 0 atom stereocenters. The van der Waals surface area contributed by atoms with Crippen molar-refractivity contribution in [1.29, 1.82) is 0 Å². The molecule has 2 amide bonds. The standard InChI is InChI=1S/C18H26N2O3/c1-14(21)19-10-5-11-20(13-12-19)17(22)15-6-8-16(9-7-15)23-18(2,3)4/h6-9H,5,10-13H2,1-4H3. The summed E-state index contributed by atoms with van der Waals surface area (Å²) in [5.74, 6) is 0.841. The summed E-state index contributed by atoms with van der Waals surface area (Å²) in [7, 11) is 0. The largest absolute Gasteiger partial charge is 0.488 e. The van der Waals surface area contributed by atoms with Crippen LogP contribution in [0.5, 0.6) is 5.75 Å². The summed E-state index contributed by atoms with van der Waals surface area (Å²) in [6.45, 7) is 10.1. The van der Waals surface area contributed by atoms with Crippen LogP contribution in [0, 0.1) is 0 Å². The molecule has 0 saturated carbocycles. The molecule has 1 saturated heterocycles. The van der Waals surface area contributed by atoms with Crippen LogP contribution in [-0.4, -0.2) is 53.4 Å². The van der Waals surface area contributed by atoms with Crippen molar-refractivity contribution in [1.82, 2.24) is 9.80 Å². The number of carbonyl (C=O) groups excluding carboxylic acids is 2. The molecule has 1 aromatic carbocycles. The lowest BCUT2D eigenvalue weighted by atomic mass is 10.1. The number of rotatable bonds is 2. The Balaban J connectivity index is 2.01. The van der Waals surface area contributed by atoms with Crippen molar-refractivity contribution in [2.24, 2.45) is 0 Å². The molecule has 0 N–H and O–H groups in total. The van der Waals surface area contributed by atoms with Gasteiger partial charge in [0.05, 0.1) is 0 Å². The van der Waals surface area contributed by atoms with Gasteiger partial charge in [-0.3, -0.25) is 9.59 Å². The molecule has 0 bridgehead atoms. The maximum absolute atomic E-state index is 12.6. The molecule has 1 aliphatic heterocycles. The third-order valence-electron chi connectivity index (χ3n) is 3.75. The van der Waals surface area contributed by atoms with Crippen LogP contribution in [0.1, 0.15) is 44.5 Å². The van der Waals surface area contributed by atoms with Crippen LogP contribution in [0.25, 0.3) is 0 Å². The summed E-state index contributed by atoms with van der Waals surface area (Å²) in [5.41, 5.74) is 0.398. The normalized spacial score (nSPS) is 16.0. The molecule has 5 nitrogen and oxygen atoms in total. The molecule has 0 unspecified atom stereocenters. The Morgan fingerprint density at radius 1 is 0.957 bits per heavy atom. The number of benzene rings is 1. The maximum Gasteiger partial charge on any atom is 0.253 e. The highest BCUT2D eigenvalue weighted by Gasteiger charge is 2.21. The monoisotopic (exact) mass is 318 g/mol. The van der Waals surface area contributed by atoms with Gasteiger partial charge in [-0.05, 0) is 51.5 Å². The fraction of sp³-hybridized carbons (Fsp3) is 0.556. The Morgan fingerprint density at radius 3 is 2.09 bits per heavy atom. The minimum Gasteiger partial charge on any atom is -0.488 e. The number of hydrogen-bond donors (Lipinski definition) is 0. The number of nitrogens with zero attached hydrogens (tertiary/aromatic N) is 2. The van der Waals surface area contributed by atoms with Gasteiger partial charge in [-0.25, -0.2) is 0 Å². The predicted molar refractivity (Wildman–Crippen MR) is 89.6 cm³/mol. The van der Waals surface area contributed by atoms with Gasteiger partial charge in [0, 0.05) is 38.7 Å². The second-order valence-corrected chi connectivity index (χ2v) is 6.89. The highest BCUT2D eigenvalue weighted by molar-refractivity contribution is 5.94. The first-order valence-electron chi connectivity index (χ1n) is 8.10. The Morgan fingerprint density at radius 2 is 1.52 bits per heavy atom. The molecule has 1 aliphatic rings. The lowest BCUT2D eigenvalue weighted by Gasteiger charge is -2.23. The van der Waals surface area contributed by atoms with Crippen molar-refractivity contribution in [3.05, 3.63) is 29.8 Å². The molecular formula is C18H26N2O3. The molecule has 1 heterocycles. The van der Waals surface area contributed by atoms with Gasteiger partial charge in [0.2, 0.25) is 5.91 Å². The summed E-state index contributed by atoms with van der Waals surface area (Å²) in [6, 6.07) is 7.27. The van der Waals surface area contributed by atoms with E-state index in [2.05, 4.69) is 0 Å². The van der Waals surface area contributed by atoms with Gasteiger partial charge in [0.1, 0.15) is 11.4 Å². The topological polar surface area (TPSA) is 49.9 Å². The summed E-state index contributed by atoms with van der Waals surface area (Å²) in [5, 5.41) is 0. The number of ether oxygens (including phenoxy) is 1. The fourth-order valence-electron chi connectivity index (χ4n) is 2.64. The molecule has 0 spiro atoms. The molecule has 23 heavy (non-hydrogen) atoms. The Bertz CT molecular complexity index is 561. The third kappa shape index (κ3) is 4.98. The van der Waals surface area contributed by atoms with Crippen LogP contribution >= 0.6 is 0 Å². The lowest BCUT2D eigenvalue weighted by molar-refractivity contribution is -0.128. The predicted octanol–water partition coefficient (Wildman–Crippen LogP) is 2.56. The van der Waals surface area contributed by atoms with Gasteiger partial charge in [0.15, 0.2) is 0 Å². The molecule has 1 aromatic rings. The average molecular weight is 318 g/mol. The zero-order valence-electron chi connectivity index (χ0n) is 14.5. The van der Waals surface area contributed by atoms with E-state index >= 15 is 0 Å². The second-order valence-electron chi connectivity index (χ2n) is 6.89. The van der Waals surface area contributed by atoms with Crippen LogP contribution in [0.2, 0.25) is 0 Å². The number of hydrogen-bond acceptors (Lipinski definition) is 3. The van der Waals surface area contributed by atoms with Crippen molar-refractivity contribution in [3.8, 4) is 5.75 Å². The molecule has 0 aromatic heterocycles. The second kappa shape index (κ2) is 7.02. The molecule has 2 rings (SSSR count). The van der Waals surface area contributed by atoms with E-state index in [1.54, 1.807) is 24.0 Å². The zero-order valence-corrected chi connectivity index (χ0v) is 14.5. The van der Waals surface area contributed by atoms with Gasteiger partial charge in [-0.2, -0.15) is 0 Å². The van der Waals surface area contributed by atoms with Gasteiger partial charge >= 0.3 is 0 Å². The summed E-state index contributed by atoms with van der Waals surface area (Å²) in [6.07, 6.45) is 0.816. The van der Waals surface area contributed by atoms with E-state index in [0.717, 1.165) is 18.7 Å². The van der Waals surface area contributed by atoms with Crippen molar-refractivity contribution in [2.75, 3.05) is 26.2 Å². The Labute approximate surface area is 138 Å². The fourth-order valence-corrected chi connectivity index (χ4v) is 2.64. The van der Waals surface area contributed by atoms with Gasteiger partial charge in [-0.1, -0.05) is 0 Å². The molecule has 0 radical (unpaired) electrons. The molecule has 5 heteroatoms. The van der Waals surface area contributed by atoms with E-state index in [1.165, 1.54) is 0 Å². The smallest absolute Gasteiger partial charge is 0.253 e. The highest BCUT2D eigenvalue weighted by Crippen LogP contribution is 2.19. The van der Waals surface area contributed by atoms with Crippen molar-refractivity contribution >= 4 is 11.8 Å². The van der Waals surface area contributed by atoms with E-state index in [-0.39, 0.29) is 17.4 Å². The molecular weight excluding hydrogens is 292 g/mol. The van der Waals surface area contributed by atoms with Crippen LogP contribution in [0.4, 0.5) is 0 Å². The van der Waals surface area contributed by atoms with E-state index in [1.807, 2.05) is 37.8 Å². The lowest BCUT2D eigenvalue weighted by Crippen LogP contribution is -2.36. The first kappa shape index (κ1) is 17.3. The Kier molecular flexibility index (Phi) is 5.29. The summed E-state index contributed by atoms with van der Waals surface area (Å²) in [4.78, 5) is 27.7. The maximum atomic E-state index is 12.6. The molecule has 1 fully saturated rings. The van der Waals surface area contributed by atoms with Crippen LogP contribution in [-0.2, 0) is 4.79 Å². The zero-order chi connectivity index (χ0) is 17.0. The van der Waals surface area contributed by atoms with Gasteiger partial charge in [-0.15, -0.1) is 0 Å². The molecule has 126 valence electrons. The molecule has 0 aliphatic carbocycles. The first-order valence-corrected chi connectivity index (χ1v) is 8.10. The number of carbonyl (C=O) groups is 2. The summed E-state index contributed by atoms with van der Waals surface area (Å²) < 4.78 is 5.77. The highest BCUT2D eigenvalue weighted by atomic mass is 16.5. The van der Waals surface area contributed by atoms with Crippen molar-refractivity contribution in [2.45, 2.75) is 39.7 Å². The van der Waals surface area contributed by atoms with E-state index in [0.29, 0.717) is 25.2 Å². The van der Waals surface area contributed by atoms with Crippen molar-refractivity contribution < 1.29 is 14.3 Å². The van der Waals surface area contributed by atoms with Gasteiger partial charge in [0.25, 0.3) is 5.91 Å². The SMILES string of the molecule is CC(=O)N1CCCN(C(=O)c2ccc(OC(C)(C)C)cc2)CC1. The van der Waals surface area contributed by atoms with E-state index in [4.69, 9.17) is 4.74 Å². The van der Waals surface area contributed by atoms with E-state index in [9.17, 15) is 9.59 Å². The van der Waals surface area contributed by atoms with Crippen LogP contribution in [0.3, 0.4) is 0 Å². The van der Waals surface area contributed by atoms with Gasteiger partial charge < -0.3 is 14.5 Å². The minimum atomic E-state index is -0.257. The quantitative estimate of drug-likeness (QED) is 0.842. The van der Waals surface area contributed by atoms with Crippen LogP contribution < -0.4 is 4.74 Å². The van der Waals surface area contributed by atoms with Crippen LogP contribution in [0.15, 0.2) is 24.3 Å². The van der Waals surface area contributed by atoms with E-state index < -0.39 is 0 Å².